The Morgan fingerprint density at radius 1 is 1.06 bits per heavy atom. The lowest BCUT2D eigenvalue weighted by molar-refractivity contribution is -0.131. The fourth-order valence-corrected chi connectivity index (χ4v) is 4.89. The van der Waals surface area contributed by atoms with Crippen molar-refractivity contribution >= 4 is 23.2 Å². The molecule has 1 amide bonds. The predicted molar refractivity (Wildman–Crippen MR) is 122 cm³/mol. The Kier molecular flexibility index (Phi) is 6.03. The van der Waals surface area contributed by atoms with E-state index in [4.69, 9.17) is 14.7 Å². The lowest BCUT2D eigenvalue weighted by atomic mass is 10.1. The highest BCUT2D eigenvalue weighted by Gasteiger charge is 2.28. The minimum absolute atomic E-state index is 0.0888. The molecule has 6 nitrogen and oxygen atoms in total. The number of thiophene rings is 1. The van der Waals surface area contributed by atoms with E-state index in [0.29, 0.717) is 43.5 Å². The molecule has 0 aliphatic carbocycles. The molecule has 4 heterocycles. The first kappa shape index (κ1) is 20.9. The van der Waals surface area contributed by atoms with Crippen molar-refractivity contribution in [2.24, 2.45) is 0 Å². The van der Waals surface area contributed by atoms with Crippen LogP contribution in [0, 0.1) is 5.82 Å². The summed E-state index contributed by atoms with van der Waals surface area (Å²) in [4.78, 5) is 27.6. The highest BCUT2D eigenvalue weighted by molar-refractivity contribution is 7.10. The monoisotopic (exact) mass is 452 g/mol. The smallest absolute Gasteiger partial charge is 0.229 e. The quantitative estimate of drug-likeness (QED) is 0.567. The van der Waals surface area contributed by atoms with Gasteiger partial charge in [-0.25, -0.2) is 9.37 Å². The van der Waals surface area contributed by atoms with Crippen LogP contribution >= 0.6 is 11.3 Å². The number of halogens is 1. The van der Waals surface area contributed by atoms with Crippen molar-refractivity contribution in [3.63, 3.8) is 0 Å². The molecule has 32 heavy (non-hydrogen) atoms. The summed E-state index contributed by atoms with van der Waals surface area (Å²) in [6.45, 7) is 2.90. The zero-order chi connectivity index (χ0) is 21.9. The number of carbonyl (C=O) groups excluding carboxylic acids is 1. The summed E-state index contributed by atoms with van der Waals surface area (Å²) in [6.07, 6.45) is 4.53. The van der Waals surface area contributed by atoms with Gasteiger partial charge >= 0.3 is 0 Å². The van der Waals surface area contributed by atoms with Gasteiger partial charge in [0.25, 0.3) is 0 Å². The molecule has 3 aromatic rings. The second kappa shape index (κ2) is 9.24. The summed E-state index contributed by atoms with van der Waals surface area (Å²) in [5, 5.41) is 1.98. The fourth-order valence-electron chi connectivity index (χ4n) is 4.19. The zero-order valence-corrected chi connectivity index (χ0v) is 18.6. The largest absolute Gasteiger partial charge is 0.438 e. The summed E-state index contributed by atoms with van der Waals surface area (Å²) >= 11 is 1.59. The third-order valence-electron chi connectivity index (χ3n) is 5.94. The Morgan fingerprint density at radius 3 is 2.62 bits per heavy atom. The maximum Gasteiger partial charge on any atom is 0.229 e. The van der Waals surface area contributed by atoms with Crippen molar-refractivity contribution in [3.8, 4) is 11.6 Å². The van der Waals surface area contributed by atoms with Crippen LogP contribution in [0.15, 0.2) is 41.8 Å². The topological polar surface area (TPSA) is 58.6 Å². The van der Waals surface area contributed by atoms with Crippen LogP contribution in [-0.2, 0) is 24.2 Å². The molecule has 8 heteroatoms. The number of amides is 1. The lowest BCUT2D eigenvalue weighted by Gasteiger charge is -2.32. The molecule has 0 radical (unpaired) electrons. The summed E-state index contributed by atoms with van der Waals surface area (Å²) in [5.74, 6) is 1.42. The first-order valence-electron chi connectivity index (χ1n) is 11.0. The van der Waals surface area contributed by atoms with Crippen molar-refractivity contribution in [1.29, 1.82) is 0 Å². The minimum Gasteiger partial charge on any atom is -0.438 e. The van der Waals surface area contributed by atoms with Crippen LogP contribution in [0.1, 0.15) is 35.4 Å². The molecule has 1 fully saturated rings. The van der Waals surface area contributed by atoms with E-state index in [1.54, 1.807) is 23.5 Å². The van der Waals surface area contributed by atoms with Crippen LogP contribution in [0.25, 0.3) is 0 Å². The Hall–Kier alpha value is -3.00. The molecule has 0 atom stereocenters. The zero-order valence-electron chi connectivity index (χ0n) is 17.8. The van der Waals surface area contributed by atoms with Gasteiger partial charge in [0.2, 0.25) is 17.7 Å². The number of fused-ring (bicyclic) bond motifs is 1. The number of piperidine rings is 1. The normalized spacial score (nSPS) is 16.0. The van der Waals surface area contributed by atoms with Crippen LogP contribution in [-0.4, -0.2) is 40.4 Å². The third kappa shape index (κ3) is 4.60. The van der Waals surface area contributed by atoms with Crippen LogP contribution in [0.2, 0.25) is 0 Å². The fraction of sp³-hybridized carbons (Fsp3) is 0.375. The molecular formula is C24H25FN4O2S. The molecule has 166 valence electrons. The number of carbonyl (C=O) groups is 1. The van der Waals surface area contributed by atoms with Crippen LogP contribution in [0.4, 0.5) is 10.3 Å². The van der Waals surface area contributed by atoms with Gasteiger partial charge in [0.1, 0.15) is 11.6 Å². The number of aromatic nitrogens is 2. The Bertz CT molecular complexity index is 1080. The second-order valence-corrected chi connectivity index (χ2v) is 9.21. The van der Waals surface area contributed by atoms with Crippen LogP contribution in [0.3, 0.4) is 0 Å². The first-order chi connectivity index (χ1) is 15.7. The van der Waals surface area contributed by atoms with Gasteiger partial charge < -0.3 is 14.5 Å². The third-order valence-corrected chi connectivity index (χ3v) is 6.81. The van der Waals surface area contributed by atoms with E-state index in [1.807, 2.05) is 22.4 Å². The molecule has 0 N–H and O–H groups in total. The Labute approximate surface area is 190 Å². The van der Waals surface area contributed by atoms with Crippen molar-refractivity contribution in [3.05, 3.63) is 63.7 Å². The summed E-state index contributed by atoms with van der Waals surface area (Å²) in [5.41, 5.74) is 1.76. The average Bonchev–Trinajstić information content (AvgIpc) is 3.34. The van der Waals surface area contributed by atoms with Crippen molar-refractivity contribution in [2.45, 2.75) is 38.6 Å². The molecule has 1 aromatic carbocycles. The molecule has 2 aliphatic rings. The predicted octanol–water partition coefficient (Wildman–Crippen LogP) is 4.59. The van der Waals surface area contributed by atoms with E-state index >= 15 is 0 Å². The Balaban J connectivity index is 1.44. The van der Waals surface area contributed by atoms with E-state index < -0.39 is 0 Å². The molecule has 0 saturated carbocycles. The number of rotatable bonds is 5. The van der Waals surface area contributed by atoms with Gasteiger partial charge in [0.15, 0.2) is 0 Å². The van der Waals surface area contributed by atoms with Crippen molar-refractivity contribution in [2.75, 3.05) is 24.5 Å². The minimum atomic E-state index is -0.318. The maximum atomic E-state index is 13.4. The first-order valence-corrected chi connectivity index (χ1v) is 11.9. The molecule has 0 unspecified atom stereocenters. The molecule has 2 aromatic heterocycles. The van der Waals surface area contributed by atoms with E-state index in [9.17, 15) is 9.18 Å². The number of nitrogens with zero attached hydrogens (tertiary/aromatic N) is 4. The SMILES string of the molecule is O=C(Cc1cccs1)N1CCc2nc(N3CCCCC3)nc(Oc3ccc(F)cc3)c2C1. The van der Waals surface area contributed by atoms with Gasteiger partial charge in [-0.3, -0.25) is 4.79 Å². The number of hydrogen-bond donors (Lipinski definition) is 0. The van der Waals surface area contributed by atoms with Gasteiger partial charge in [-0.1, -0.05) is 6.07 Å². The lowest BCUT2D eigenvalue weighted by Crippen LogP contribution is -2.38. The maximum absolute atomic E-state index is 13.4. The second-order valence-electron chi connectivity index (χ2n) is 8.18. The summed E-state index contributed by atoms with van der Waals surface area (Å²) in [7, 11) is 0. The number of hydrogen-bond acceptors (Lipinski definition) is 6. The van der Waals surface area contributed by atoms with Crippen molar-refractivity contribution in [1.82, 2.24) is 14.9 Å². The van der Waals surface area contributed by atoms with Gasteiger partial charge in [-0.2, -0.15) is 4.98 Å². The molecule has 2 aliphatic heterocycles. The van der Waals surface area contributed by atoms with Gasteiger partial charge in [-0.15, -0.1) is 11.3 Å². The molecule has 1 saturated heterocycles. The number of benzene rings is 1. The van der Waals surface area contributed by atoms with Crippen molar-refractivity contribution < 1.29 is 13.9 Å². The van der Waals surface area contributed by atoms with E-state index in [1.165, 1.54) is 18.6 Å². The molecular weight excluding hydrogens is 427 g/mol. The van der Waals surface area contributed by atoms with Crippen LogP contribution in [0.5, 0.6) is 11.6 Å². The van der Waals surface area contributed by atoms with E-state index in [2.05, 4.69) is 4.90 Å². The van der Waals surface area contributed by atoms with Gasteiger partial charge in [0.05, 0.1) is 24.2 Å². The average molecular weight is 453 g/mol. The standard InChI is InChI=1S/C24H25FN4O2S/c25-17-6-8-18(9-7-17)31-23-20-16-29(22(30)15-19-5-4-14-32-19)13-10-21(20)26-24(27-23)28-11-2-1-3-12-28/h4-9,14H,1-3,10-13,15-16H2. The summed E-state index contributed by atoms with van der Waals surface area (Å²) < 4.78 is 19.5. The summed E-state index contributed by atoms with van der Waals surface area (Å²) in [6, 6.07) is 9.86. The van der Waals surface area contributed by atoms with Gasteiger partial charge in [0, 0.05) is 30.9 Å². The highest BCUT2D eigenvalue weighted by Crippen LogP contribution is 2.32. The van der Waals surface area contributed by atoms with Gasteiger partial charge in [-0.05, 0) is 55.0 Å². The molecule has 0 bridgehead atoms. The van der Waals surface area contributed by atoms with E-state index in [-0.39, 0.29) is 11.7 Å². The molecule has 5 rings (SSSR count). The van der Waals surface area contributed by atoms with E-state index in [0.717, 1.165) is 42.1 Å². The highest BCUT2D eigenvalue weighted by atomic mass is 32.1. The molecule has 0 spiro atoms. The Morgan fingerprint density at radius 2 is 1.88 bits per heavy atom. The number of anilines is 1. The number of ether oxygens (including phenoxy) is 1. The van der Waals surface area contributed by atoms with Crippen LogP contribution < -0.4 is 9.64 Å².